The van der Waals surface area contributed by atoms with Crippen LogP contribution in [0, 0.1) is 12.7 Å². The van der Waals surface area contributed by atoms with Crippen molar-refractivity contribution in [2.75, 3.05) is 58.1 Å². The predicted octanol–water partition coefficient (Wildman–Crippen LogP) is 1.28. The lowest BCUT2D eigenvalue weighted by Crippen LogP contribution is -2.62. The molecule has 0 saturated carbocycles. The first-order valence-corrected chi connectivity index (χ1v) is 8.78. The van der Waals surface area contributed by atoms with E-state index in [1.807, 2.05) is 6.92 Å². The highest BCUT2D eigenvalue weighted by molar-refractivity contribution is 5.91. The van der Waals surface area contributed by atoms with Crippen molar-refractivity contribution in [2.24, 2.45) is 0 Å². The van der Waals surface area contributed by atoms with E-state index in [1.165, 1.54) is 13.2 Å². The summed E-state index contributed by atoms with van der Waals surface area (Å²) in [6, 6.07) is 3.07. The van der Waals surface area contributed by atoms with Crippen LogP contribution in [0.15, 0.2) is 12.1 Å². The van der Waals surface area contributed by atoms with E-state index >= 15 is 0 Å². The Morgan fingerprint density at radius 3 is 2.81 bits per heavy atom. The van der Waals surface area contributed by atoms with Crippen LogP contribution < -0.4 is 15.0 Å². The van der Waals surface area contributed by atoms with Crippen molar-refractivity contribution in [1.29, 1.82) is 0 Å². The molecule has 0 aliphatic carbocycles. The van der Waals surface area contributed by atoms with Gasteiger partial charge in [0.15, 0.2) is 11.6 Å². The maximum Gasteiger partial charge on any atom is 0.167 e. The van der Waals surface area contributed by atoms with Crippen LogP contribution in [0.25, 0.3) is 10.9 Å². The van der Waals surface area contributed by atoms with Crippen molar-refractivity contribution in [2.45, 2.75) is 12.5 Å². The summed E-state index contributed by atoms with van der Waals surface area (Å²) >= 11 is 0. The number of hydrogen-bond acceptors (Lipinski definition) is 7. The summed E-state index contributed by atoms with van der Waals surface area (Å²) < 4.78 is 30.8. The number of morpholine rings is 1. The third-order valence-corrected chi connectivity index (χ3v) is 4.86. The van der Waals surface area contributed by atoms with Crippen molar-refractivity contribution in [3.63, 3.8) is 0 Å². The fraction of sp³-hybridized carbons (Fsp3) is 0.556. The molecule has 4 rings (SSSR count). The van der Waals surface area contributed by atoms with Crippen molar-refractivity contribution in [1.82, 2.24) is 15.3 Å². The molecule has 1 N–H and O–H groups in total. The molecule has 7 nitrogen and oxygen atoms in total. The van der Waals surface area contributed by atoms with Crippen LogP contribution in [0.3, 0.4) is 0 Å². The molecule has 8 heteroatoms. The number of nitrogens with zero attached hydrogens (tertiary/aromatic N) is 3. The van der Waals surface area contributed by atoms with Gasteiger partial charge in [-0.25, -0.2) is 14.4 Å². The summed E-state index contributed by atoms with van der Waals surface area (Å²) in [5.41, 5.74) is 0.294. The Kier molecular flexibility index (Phi) is 4.64. The minimum atomic E-state index is -0.429. The van der Waals surface area contributed by atoms with E-state index in [1.54, 1.807) is 6.07 Å². The molecule has 1 atom stereocenters. The average molecular weight is 362 g/mol. The van der Waals surface area contributed by atoms with Gasteiger partial charge in [0.2, 0.25) is 0 Å². The molecule has 0 bridgehead atoms. The minimum absolute atomic E-state index is 0.186. The Labute approximate surface area is 151 Å². The fourth-order valence-corrected chi connectivity index (χ4v) is 3.64. The van der Waals surface area contributed by atoms with E-state index in [0.717, 1.165) is 17.7 Å². The van der Waals surface area contributed by atoms with Crippen LogP contribution in [0.5, 0.6) is 5.75 Å². The van der Waals surface area contributed by atoms with Gasteiger partial charge in [0.05, 0.1) is 44.6 Å². The van der Waals surface area contributed by atoms with Gasteiger partial charge in [0.1, 0.15) is 11.6 Å². The molecule has 3 heterocycles. The van der Waals surface area contributed by atoms with E-state index in [0.29, 0.717) is 50.9 Å². The number of ether oxygens (including phenoxy) is 3. The maximum atomic E-state index is 14.1. The van der Waals surface area contributed by atoms with Crippen LogP contribution in [-0.4, -0.2) is 68.7 Å². The molecular formula is C18H23FN4O3. The zero-order valence-electron chi connectivity index (χ0n) is 15.0. The summed E-state index contributed by atoms with van der Waals surface area (Å²) in [5, 5.41) is 4.32. The highest BCUT2D eigenvalue weighted by Gasteiger charge is 2.37. The number of rotatable bonds is 2. The second-order valence-electron chi connectivity index (χ2n) is 6.83. The highest BCUT2D eigenvalue weighted by atomic mass is 19.1. The second kappa shape index (κ2) is 6.94. The van der Waals surface area contributed by atoms with E-state index in [4.69, 9.17) is 14.2 Å². The van der Waals surface area contributed by atoms with Gasteiger partial charge in [-0.1, -0.05) is 0 Å². The number of nitrogens with one attached hydrogen (secondary N) is 1. The van der Waals surface area contributed by atoms with E-state index in [2.05, 4.69) is 20.2 Å². The lowest BCUT2D eigenvalue weighted by Gasteiger charge is -2.39. The van der Waals surface area contributed by atoms with Crippen LogP contribution in [0.4, 0.5) is 10.2 Å². The number of halogens is 1. The summed E-state index contributed by atoms with van der Waals surface area (Å²) in [6.07, 6.45) is 0. The first-order chi connectivity index (χ1) is 12.6. The third kappa shape index (κ3) is 3.20. The smallest absolute Gasteiger partial charge is 0.167 e. The van der Waals surface area contributed by atoms with Crippen LogP contribution in [-0.2, 0) is 9.47 Å². The number of fused-ring (bicyclic) bond motifs is 1. The Hall–Kier alpha value is -2.03. The highest BCUT2D eigenvalue weighted by Crippen LogP contribution is 2.31. The van der Waals surface area contributed by atoms with Crippen molar-refractivity contribution in [3.8, 4) is 5.75 Å². The Balaban J connectivity index is 1.78. The first-order valence-electron chi connectivity index (χ1n) is 8.78. The molecule has 1 unspecified atom stereocenters. The molecule has 0 amide bonds. The van der Waals surface area contributed by atoms with Crippen LogP contribution in [0.2, 0.25) is 0 Å². The number of hydrogen-bond donors (Lipinski definition) is 1. The summed E-state index contributed by atoms with van der Waals surface area (Å²) in [7, 11) is 1.46. The normalized spacial score (nSPS) is 24.0. The summed E-state index contributed by atoms with van der Waals surface area (Å²) in [4.78, 5) is 11.2. The number of aromatic nitrogens is 2. The zero-order valence-corrected chi connectivity index (χ0v) is 15.0. The van der Waals surface area contributed by atoms with Gasteiger partial charge < -0.3 is 24.4 Å². The number of anilines is 1. The van der Waals surface area contributed by atoms with Crippen molar-refractivity contribution >= 4 is 16.7 Å². The van der Waals surface area contributed by atoms with Gasteiger partial charge in [-0.2, -0.15) is 0 Å². The van der Waals surface area contributed by atoms with Gasteiger partial charge in [-0.05, 0) is 13.0 Å². The molecule has 1 aromatic heterocycles. The van der Waals surface area contributed by atoms with Crippen LogP contribution in [0.1, 0.15) is 5.82 Å². The molecule has 2 fully saturated rings. The van der Waals surface area contributed by atoms with Gasteiger partial charge >= 0.3 is 0 Å². The van der Waals surface area contributed by atoms with Crippen molar-refractivity contribution in [3.05, 3.63) is 23.8 Å². The fourth-order valence-electron chi connectivity index (χ4n) is 3.64. The molecule has 1 aromatic carbocycles. The lowest BCUT2D eigenvalue weighted by atomic mass is 10.00. The molecule has 2 aliphatic rings. The minimum Gasteiger partial charge on any atom is -0.494 e. The Morgan fingerprint density at radius 2 is 2.04 bits per heavy atom. The van der Waals surface area contributed by atoms with Gasteiger partial charge in [0.25, 0.3) is 0 Å². The molecule has 2 aromatic rings. The van der Waals surface area contributed by atoms with Crippen molar-refractivity contribution < 1.29 is 18.6 Å². The maximum absolute atomic E-state index is 14.1. The average Bonchev–Trinajstić information content (AvgIpc) is 2.83. The van der Waals surface area contributed by atoms with Gasteiger partial charge in [0, 0.05) is 31.1 Å². The molecule has 2 aliphatic heterocycles. The SMILES string of the molecule is COc1cc2c(N3CCOCC4(COCCN4)C3)nc(C)nc2cc1F. The molecule has 26 heavy (non-hydrogen) atoms. The number of aryl methyl sites for hydroxylation is 1. The van der Waals surface area contributed by atoms with E-state index < -0.39 is 5.82 Å². The molecule has 1 spiro atoms. The zero-order chi connectivity index (χ0) is 18.1. The van der Waals surface area contributed by atoms with E-state index in [9.17, 15) is 4.39 Å². The molecule has 2 saturated heterocycles. The van der Waals surface area contributed by atoms with Crippen LogP contribution >= 0.6 is 0 Å². The molecular weight excluding hydrogens is 339 g/mol. The second-order valence-corrected chi connectivity index (χ2v) is 6.83. The Bertz CT molecular complexity index is 811. The number of benzene rings is 1. The third-order valence-electron chi connectivity index (χ3n) is 4.86. The quantitative estimate of drug-likeness (QED) is 0.863. The monoisotopic (exact) mass is 362 g/mol. The number of methoxy groups -OCH3 is 1. The first kappa shape index (κ1) is 17.4. The van der Waals surface area contributed by atoms with Gasteiger partial charge in [-0.15, -0.1) is 0 Å². The summed E-state index contributed by atoms with van der Waals surface area (Å²) in [6.45, 7) is 6.46. The topological polar surface area (TPSA) is 68.7 Å². The Morgan fingerprint density at radius 1 is 1.23 bits per heavy atom. The standard InChI is InChI=1S/C18H23FN4O3/c1-12-21-15-8-14(19)16(24-2)7-13(15)17(22-12)23-4-6-26-11-18(9-23)10-25-5-3-20-18/h7-8,20H,3-6,9-11H2,1-2H3. The largest absolute Gasteiger partial charge is 0.494 e. The predicted molar refractivity (Wildman–Crippen MR) is 95.4 cm³/mol. The van der Waals surface area contributed by atoms with Gasteiger partial charge in [-0.3, -0.25) is 0 Å². The molecule has 140 valence electrons. The molecule has 0 radical (unpaired) electrons. The lowest BCUT2D eigenvalue weighted by molar-refractivity contribution is -0.00961. The van der Waals surface area contributed by atoms with E-state index in [-0.39, 0.29) is 11.3 Å². The summed E-state index contributed by atoms with van der Waals surface area (Å²) in [5.74, 6) is 1.13.